The third-order valence-electron chi connectivity index (χ3n) is 5.77. The molecule has 4 nitrogen and oxygen atoms in total. The Hall–Kier alpha value is -2.27. The molecule has 1 amide bonds. The maximum absolute atomic E-state index is 13.3. The largest absolute Gasteiger partial charge is 0.299 e. The summed E-state index contributed by atoms with van der Waals surface area (Å²) in [6.45, 7) is 4.26. The number of anilines is 1. The third kappa shape index (κ3) is 3.61. The summed E-state index contributed by atoms with van der Waals surface area (Å²) in [4.78, 5) is 32.1. The first-order valence-corrected chi connectivity index (χ1v) is 10.5. The first kappa shape index (κ1) is 18.1. The predicted molar refractivity (Wildman–Crippen MR) is 109 cm³/mol. The van der Waals surface area contributed by atoms with Gasteiger partial charge in [0.1, 0.15) is 5.78 Å². The maximum Gasteiger partial charge on any atom is 0.232 e. The number of hydrogen-bond acceptors (Lipinski definition) is 4. The first-order valence-electron chi connectivity index (χ1n) is 9.64. The van der Waals surface area contributed by atoms with Crippen LogP contribution in [0.25, 0.3) is 11.3 Å². The van der Waals surface area contributed by atoms with Gasteiger partial charge in [0.2, 0.25) is 5.91 Å². The summed E-state index contributed by atoms with van der Waals surface area (Å²) in [5.41, 5.74) is 1.93. The summed E-state index contributed by atoms with van der Waals surface area (Å²) in [5, 5.41) is 2.70. The molecule has 0 saturated heterocycles. The number of fused-ring (bicyclic) bond motifs is 2. The maximum atomic E-state index is 13.3. The first-order chi connectivity index (χ1) is 13.2. The Balaban J connectivity index is 1.56. The Morgan fingerprint density at radius 3 is 2.59 bits per heavy atom. The molecule has 0 radical (unpaired) electrons. The van der Waals surface area contributed by atoms with Gasteiger partial charge >= 0.3 is 0 Å². The van der Waals surface area contributed by atoms with Crippen molar-refractivity contribution in [3.63, 3.8) is 0 Å². The predicted octanol–water partition coefficient (Wildman–Crippen LogP) is 4.72. The topological polar surface area (TPSA) is 50.3 Å². The molecule has 0 aliphatic heterocycles. The molecule has 2 atom stereocenters. The molecular weight excluding hydrogens is 356 g/mol. The number of nitrogens with zero attached hydrogens (tertiary/aromatic N) is 2. The van der Waals surface area contributed by atoms with E-state index in [1.165, 1.54) is 11.3 Å². The fourth-order valence-electron chi connectivity index (χ4n) is 4.42. The van der Waals surface area contributed by atoms with Crippen LogP contribution in [0.4, 0.5) is 5.13 Å². The lowest BCUT2D eigenvalue weighted by atomic mass is 9.67. The van der Waals surface area contributed by atoms with E-state index in [1.807, 2.05) is 35.7 Å². The standard InChI is InChI=1S/C22H24N2O2S/c1-2-11-24(22-23-19(14-27-22)15-7-4-3-5-8-15)21(26)18-12-16-9-6-10-17(13-18)20(16)25/h2-5,7-8,14,16-18H,1,6,9-13H2. The number of amides is 1. The lowest BCUT2D eigenvalue weighted by molar-refractivity contribution is -0.136. The summed E-state index contributed by atoms with van der Waals surface area (Å²) in [6, 6.07) is 9.99. The second-order valence-electron chi connectivity index (χ2n) is 7.51. The van der Waals surface area contributed by atoms with Gasteiger partial charge in [-0.2, -0.15) is 0 Å². The van der Waals surface area contributed by atoms with Crippen molar-refractivity contribution in [1.29, 1.82) is 0 Å². The molecule has 2 aliphatic rings. The van der Waals surface area contributed by atoms with Crippen LogP contribution in [0.2, 0.25) is 0 Å². The van der Waals surface area contributed by atoms with Crippen molar-refractivity contribution in [2.24, 2.45) is 17.8 Å². The molecular formula is C22H24N2O2S. The van der Waals surface area contributed by atoms with Gasteiger partial charge in [0, 0.05) is 35.2 Å². The van der Waals surface area contributed by atoms with Crippen LogP contribution >= 0.6 is 11.3 Å². The van der Waals surface area contributed by atoms with Crippen molar-refractivity contribution in [1.82, 2.24) is 4.98 Å². The van der Waals surface area contributed by atoms with Crippen LogP contribution in [0.1, 0.15) is 32.1 Å². The molecule has 1 heterocycles. The number of ketones is 1. The Morgan fingerprint density at radius 2 is 1.93 bits per heavy atom. The van der Waals surface area contributed by atoms with E-state index in [9.17, 15) is 9.59 Å². The van der Waals surface area contributed by atoms with Gasteiger partial charge in [0.25, 0.3) is 0 Å². The van der Waals surface area contributed by atoms with E-state index in [4.69, 9.17) is 4.98 Å². The Kier molecular flexibility index (Phi) is 5.21. The van der Waals surface area contributed by atoms with Crippen molar-refractivity contribution < 1.29 is 9.59 Å². The third-order valence-corrected chi connectivity index (χ3v) is 6.63. The minimum absolute atomic E-state index is 0.0770. The number of carbonyl (C=O) groups excluding carboxylic acids is 2. The molecule has 5 heteroatoms. The molecule has 0 N–H and O–H groups in total. The zero-order valence-electron chi connectivity index (χ0n) is 15.3. The molecule has 1 aromatic carbocycles. The summed E-state index contributed by atoms with van der Waals surface area (Å²) in [7, 11) is 0. The number of thiazole rings is 1. The number of carbonyl (C=O) groups is 2. The van der Waals surface area contributed by atoms with Crippen LogP contribution in [0.15, 0.2) is 48.4 Å². The highest BCUT2D eigenvalue weighted by Gasteiger charge is 2.42. The van der Waals surface area contributed by atoms with E-state index in [0.29, 0.717) is 30.3 Å². The molecule has 1 aromatic heterocycles. The molecule has 2 saturated carbocycles. The van der Waals surface area contributed by atoms with Crippen molar-refractivity contribution in [2.45, 2.75) is 32.1 Å². The van der Waals surface area contributed by atoms with Gasteiger partial charge in [-0.3, -0.25) is 14.5 Å². The van der Waals surface area contributed by atoms with Crippen molar-refractivity contribution in [3.05, 3.63) is 48.4 Å². The van der Waals surface area contributed by atoms with E-state index < -0.39 is 0 Å². The Labute approximate surface area is 163 Å². The number of Topliss-reactive ketones (excluding diaryl/α,β-unsaturated/α-hetero) is 1. The van der Waals surface area contributed by atoms with E-state index >= 15 is 0 Å². The van der Waals surface area contributed by atoms with E-state index in [1.54, 1.807) is 11.0 Å². The second-order valence-corrected chi connectivity index (χ2v) is 8.35. The highest BCUT2D eigenvalue weighted by atomic mass is 32.1. The van der Waals surface area contributed by atoms with Crippen molar-refractivity contribution in [2.75, 3.05) is 11.4 Å². The molecule has 2 bridgehead atoms. The van der Waals surface area contributed by atoms with Crippen LogP contribution in [-0.4, -0.2) is 23.2 Å². The van der Waals surface area contributed by atoms with Gasteiger partial charge in [-0.25, -0.2) is 4.98 Å². The normalized spacial score (nSPS) is 24.4. The van der Waals surface area contributed by atoms with Gasteiger partial charge in [-0.05, 0) is 25.7 Å². The highest BCUT2D eigenvalue weighted by Crippen LogP contribution is 2.41. The van der Waals surface area contributed by atoms with Crippen LogP contribution in [0, 0.1) is 17.8 Å². The van der Waals surface area contributed by atoms with Gasteiger partial charge in [-0.15, -0.1) is 17.9 Å². The number of rotatable bonds is 5. The fourth-order valence-corrected chi connectivity index (χ4v) is 5.27. The number of benzene rings is 1. The molecule has 4 rings (SSSR count). The second kappa shape index (κ2) is 7.77. The number of hydrogen-bond donors (Lipinski definition) is 0. The zero-order valence-corrected chi connectivity index (χ0v) is 16.2. The SMILES string of the molecule is C=CCN(C(=O)C1CC2CCCC(C1)C2=O)c1nc(-c2ccccc2)cs1. The summed E-state index contributed by atoms with van der Waals surface area (Å²) >= 11 is 1.49. The van der Waals surface area contributed by atoms with Crippen LogP contribution in [0.5, 0.6) is 0 Å². The van der Waals surface area contributed by atoms with E-state index in [2.05, 4.69) is 6.58 Å². The highest BCUT2D eigenvalue weighted by molar-refractivity contribution is 7.14. The van der Waals surface area contributed by atoms with Gasteiger partial charge < -0.3 is 0 Å². The van der Waals surface area contributed by atoms with E-state index in [-0.39, 0.29) is 23.7 Å². The van der Waals surface area contributed by atoms with Gasteiger partial charge in [-0.1, -0.05) is 42.8 Å². The van der Waals surface area contributed by atoms with Gasteiger partial charge in [0.15, 0.2) is 5.13 Å². The zero-order chi connectivity index (χ0) is 18.8. The lowest BCUT2D eigenvalue weighted by Gasteiger charge is -2.38. The Morgan fingerprint density at radius 1 is 1.22 bits per heavy atom. The smallest absolute Gasteiger partial charge is 0.232 e. The van der Waals surface area contributed by atoms with E-state index in [0.717, 1.165) is 30.5 Å². The molecule has 140 valence electrons. The van der Waals surface area contributed by atoms with Crippen LogP contribution < -0.4 is 4.90 Å². The fraction of sp³-hybridized carbons (Fsp3) is 0.409. The van der Waals surface area contributed by atoms with Crippen LogP contribution in [-0.2, 0) is 9.59 Å². The lowest BCUT2D eigenvalue weighted by Crippen LogP contribution is -2.44. The average molecular weight is 381 g/mol. The molecule has 2 fully saturated rings. The summed E-state index contributed by atoms with van der Waals surface area (Å²) < 4.78 is 0. The molecule has 2 aliphatic carbocycles. The molecule has 27 heavy (non-hydrogen) atoms. The van der Waals surface area contributed by atoms with Gasteiger partial charge in [0.05, 0.1) is 5.69 Å². The average Bonchev–Trinajstić information content (AvgIpc) is 3.16. The summed E-state index contributed by atoms with van der Waals surface area (Å²) in [6.07, 6.45) is 6.13. The van der Waals surface area contributed by atoms with Crippen LogP contribution in [0.3, 0.4) is 0 Å². The quantitative estimate of drug-likeness (QED) is 0.705. The minimum atomic E-state index is -0.0815. The minimum Gasteiger partial charge on any atom is -0.299 e. The Bertz CT molecular complexity index is 829. The van der Waals surface area contributed by atoms with Crippen molar-refractivity contribution in [3.8, 4) is 11.3 Å². The molecule has 0 spiro atoms. The summed E-state index contributed by atoms with van der Waals surface area (Å²) in [5.74, 6) is 0.554. The van der Waals surface area contributed by atoms with Crippen molar-refractivity contribution >= 4 is 28.2 Å². The number of aromatic nitrogens is 1. The molecule has 2 unspecified atom stereocenters. The monoisotopic (exact) mass is 380 g/mol. The molecule has 2 aromatic rings.